The Morgan fingerprint density at radius 1 is 0.392 bits per heavy atom. The maximum absolute atomic E-state index is 6.68. The topological polar surface area (TPSA) is 51.8 Å². The quantitative estimate of drug-likeness (QED) is 0.186. The van der Waals surface area contributed by atoms with Crippen LogP contribution in [-0.4, -0.2) is 15.0 Å². The van der Waals surface area contributed by atoms with Crippen LogP contribution in [0.4, 0.5) is 0 Å². The van der Waals surface area contributed by atoms with Crippen LogP contribution in [0.2, 0.25) is 0 Å². The molecule has 0 aliphatic carbocycles. The fourth-order valence-electron chi connectivity index (χ4n) is 7.17. The highest BCUT2D eigenvalue weighted by atomic mass is 16.3. The van der Waals surface area contributed by atoms with E-state index >= 15 is 0 Å². The highest BCUT2D eigenvalue weighted by molar-refractivity contribution is 6.21. The molecule has 4 nitrogen and oxygen atoms in total. The summed E-state index contributed by atoms with van der Waals surface area (Å²) in [6.07, 6.45) is 0. The van der Waals surface area contributed by atoms with E-state index in [4.69, 9.17) is 19.4 Å². The smallest absolute Gasteiger partial charge is 0.160 e. The second kappa shape index (κ2) is 11.9. The molecule has 0 fully saturated rings. The number of hydrogen-bond donors (Lipinski definition) is 0. The minimum Gasteiger partial charge on any atom is -0.455 e. The van der Waals surface area contributed by atoms with E-state index in [1.807, 2.05) is 36.4 Å². The monoisotopic (exact) mass is 651 g/mol. The van der Waals surface area contributed by atoms with Crippen molar-refractivity contribution in [2.45, 2.75) is 0 Å². The van der Waals surface area contributed by atoms with Crippen molar-refractivity contribution in [1.82, 2.24) is 15.0 Å². The number of hydrogen-bond acceptors (Lipinski definition) is 4. The van der Waals surface area contributed by atoms with Crippen molar-refractivity contribution in [2.75, 3.05) is 0 Å². The normalized spacial score (nSPS) is 11.5. The Bertz CT molecular complexity index is 2890. The summed E-state index contributed by atoms with van der Waals surface area (Å²) in [5.74, 6) is 0.641. The molecule has 10 rings (SSSR count). The molecular formula is C47H29N3O. The predicted molar refractivity (Wildman–Crippen MR) is 209 cm³/mol. The first-order valence-electron chi connectivity index (χ1n) is 17.1. The number of pyridine rings is 1. The van der Waals surface area contributed by atoms with Gasteiger partial charge in [-0.3, -0.25) is 0 Å². The number of benzene rings is 7. The molecule has 7 aromatic carbocycles. The molecule has 238 valence electrons. The molecule has 0 aliphatic heterocycles. The molecular weight excluding hydrogens is 623 g/mol. The lowest BCUT2D eigenvalue weighted by atomic mass is 9.97. The van der Waals surface area contributed by atoms with Gasteiger partial charge >= 0.3 is 0 Å². The molecule has 10 aromatic rings. The van der Waals surface area contributed by atoms with Crippen molar-refractivity contribution in [3.8, 4) is 56.3 Å². The molecule has 0 unspecified atom stereocenters. The average molecular weight is 652 g/mol. The van der Waals surface area contributed by atoms with Crippen molar-refractivity contribution in [1.29, 1.82) is 0 Å². The zero-order chi connectivity index (χ0) is 33.7. The summed E-state index contributed by atoms with van der Waals surface area (Å²) in [5.41, 5.74) is 11.5. The minimum absolute atomic E-state index is 0.641. The summed E-state index contributed by atoms with van der Waals surface area (Å²) in [7, 11) is 0. The lowest BCUT2D eigenvalue weighted by Crippen LogP contribution is -1.96. The summed E-state index contributed by atoms with van der Waals surface area (Å²) in [6.45, 7) is 0. The van der Waals surface area contributed by atoms with Crippen LogP contribution in [0.25, 0.3) is 99.9 Å². The third kappa shape index (κ3) is 5.04. The van der Waals surface area contributed by atoms with Gasteiger partial charge in [-0.05, 0) is 52.2 Å². The lowest BCUT2D eigenvalue weighted by Gasteiger charge is -2.12. The largest absolute Gasteiger partial charge is 0.455 e. The first kappa shape index (κ1) is 29.0. The molecule has 51 heavy (non-hydrogen) atoms. The van der Waals surface area contributed by atoms with Gasteiger partial charge < -0.3 is 4.42 Å². The summed E-state index contributed by atoms with van der Waals surface area (Å²) >= 11 is 0. The van der Waals surface area contributed by atoms with Crippen molar-refractivity contribution < 1.29 is 4.42 Å². The molecule has 0 aliphatic rings. The Morgan fingerprint density at radius 2 is 0.980 bits per heavy atom. The van der Waals surface area contributed by atoms with Crippen LogP contribution in [0.1, 0.15) is 0 Å². The van der Waals surface area contributed by atoms with E-state index in [2.05, 4.69) is 140 Å². The number of rotatable bonds is 5. The van der Waals surface area contributed by atoms with Crippen molar-refractivity contribution in [3.63, 3.8) is 0 Å². The zero-order valence-corrected chi connectivity index (χ0v) is 27.5. The molecule has 0 amide bonds. The third-order valence-electron chi connectivity index (χ3n) is 9.69. The van der Waals surface area contributed by atoms with Gasteiger partial charge in [-0.2, -0.15) is 0 Å². The Balaban J connectivity index is 1.17. The maximum Gasteiger partial charge on any atom is 0.160 e. The van der Waals surface area contributed by atoms with E-state index in [0.717, 1.165) is 83.1 Å². The van der Waals surface area contributed by atoms with Gasteiger partial charge in [0.2, 0.25) is 0 Å². The number of fused-ring (bicyclic) bond motifs is 6. The first-order valence-corrected chi connectivity index (χ1v) is 17.1. The van der Waals surface area contributed by atoms with Gasteiger partial charge in [0, 0.05) is 33.0 Å². The number of para-hydroxylation sites is 1. The fourth-order valence-corrected chi connectivity index (χ4v) is 7.17. The molecule has 0 atom stereocenters. The molecule has 0 bridgehead atoms. The van der Waals surface area contributed by atoms with Crippen LogP contribution >= 0.6 is 0 Å². The highest BCUT2D eigenvalue weighted by Gasteiger charge is 2.20. The molecule has 0 saturated heterocycles. The van der Waals surface area contributed by atoms with E-state index in [-0.39, 0.29) is 0 Å². The van der Waals surface area contributed by atoms with Crippen LogP contribution in [0.5, 0.6) is 0 Å². The summed E-state index contributed by atoms with van der Waals surface area (Å²) in [6, 6.07) is 60.7. The van der Waals surface area contributed by atoms with Crippen LogP contribution in [0.15, 0.2) is 180 Å². The molecule has 3 heterocycles. The standard InChI is InChI=1S/C47H29N3O/c1-3-12-30(13-4-1)31-22-24-34(25-23-31)42-29-41(33-15-5-2-6-16-33)49-47(50-42)35-26-27-40-39(28-35)46-44(38-19-9-10-21-43(38)51-46)45(48-40)37-20-11-17-32-14-7-8-18-36(32)37/h1-29H. The number of furan rings is 1. The van der Waals surface area contributed by atoms with Crippen molar-refractivity contribution >= 4 is 43.6 Å². The molecule has 0 spiro atoms. The zero-order valence-electron chi connectivity index (χ0n) is 27.5. The molecule has 0 radical (unpaired) electrons. The maximum atomic E-state index is 6.68. The van der Waals surface area contributed by atoms with Gasteiger partial charge in [0.1, 0.15) is 11.2 Å². The number of aromatic nitrogens is 3. The van der Waals surface area contributed by atoms with Gasteiger partial charge in [-0.1, -0.05) is 146 Å². The van der Waals surface area contributed by atoms with E-state index in [0.29, 0.717) is 5.82 Å². The molecule has 0 saturated carbocycles. The Morgan fingerprint density at radius 3 is 1.76 bits per heavy atom. The minimum atomic E-state index is 0.641. The van der Waals surface area contributed by atoms with E-state index < -0.39 is 0 Å². The van der Waals surface area contributed by atoms with Crippen LogP contribution in [-0.2, 0) is 0 Å². The molecule has 4 heteroatoms. The predicted octanol–water partition coefficient (Wildman–Crippen LogP) is 12.4. The summed E-state index contributed by atoms with van der Waals surface area (Å²) in [4.78, 5) is 15.6. The van der Waals surface area contributed by atoms with Crippen LogP contribution in [0, 0.1) is 0 Å². The van der Waals surface area contributed by atoms with Crippen molar-refractivity contribution in [3.05, 3.63) is 176 Å². The van der Waals surface area contributed by atoms with Gasteiger partial charge in [0.05, 0.1) is 28.0 Å². The van der Waals surface area contributed by atoms with Gasteiger partial charge in [0.25, 0.3) is 0 Å². The third-order valence-corrected chi connectivity index (χ3v) is 9.69. The average Bonchev–Trinajstić information content (AvgIpc) is 3.61. The number of nitrogens with zero attached hydrogens (tertiary/aromatic N) is 3. The first-order chi connectivity index (χ1) is 25.3. The lowest BCUT2D eigenvalue weighted by molar-refractivity contribution is 0.672. The Hall–Kier alpha value is -6.91. The van der Waals surface area contributed by atoms with Gasteiger partial charge in [-0.15, -0.1) is 0 Å². The van der Waals surface area contributed by atoms with Gasteiger partial charge in [0.15, 0.2) is 5.82 Å². The summed E-state index contributed by atoms with van der Waals surface area (Å²) < 4.78 is 6.68. The SMILES string of the molecule is c1ccc(-c2ccc(-c3cc(-c4ccccc4)nc(-c4ccc5nc(-c6cccc7ccccc67)c6c7ccccc7oc6c5c4)n3)cc2)cc1. The molecule has 3 aromatic heterocycles. The highest BCUT2D eigenvalue weighted by Crippen LogP contribution is 2.42. The Labute approximate surface area is 294 Å². The van der Waals surface area contributed by atoms with Gasteiger partial charge in [-0.25, -0.2) is 15.0 Å². The van der Waals surface area contributed by atoms with Crippen LogP contribution in [0.3, 0.4) is 0 Å². The second-order valence-corrected chi connectivity index (χ2v) is 12.8. The van der Waals surface area contributed by atoms with Crippen molar-refractivity contribution in [2.24, 2.45) is 0 Å². The molecule has 0 N–H and O–H groups in total. The van der Waals surface area contributed by atoms with E-state index in [1.54, 1.807) is 0 Å². The van der Waals surface area contributed by atoms with E-state index in [9.17, 15) is 0 Å². The fraction of sp³-hybridized carbons (Fsp3) is 0. The van der Waals surface area contributed by atoms with Crippen LogP contribution < -0.4 is 0 Å². The second-order valence-electron chi connectivity index (χ2n) is 12.8. The summed E-state index contributed by atoms with van der Waals surface area (Å²) in [5, 5.41) is 5.30. The Kier molecular flexibility index (Phi) is 6.78. The van der Waals surface area contributed by atoms with E-state index in [1.165, 1.54) is 10.9 Å².